The first-order chi connectivity index (χ1) is 18.3. The van der Waals surface area contributed by atoms with Crippen molar-refractivity contribution in [3.8, 4) is 0 Å². The number of hydrogen-bond acceptors (Lipinski definition) is 11. The number of cyclic esters (lactones) is 1. The van der Waals surface area contributed by atoms with E-state index >= 15 is 0 Å². The van der Waals surface area contributed by atoms with E-state index < -0.39 is 77.8 Å². The molecule has 0 spiro atoms. The van der Waals surface area contributed by atoms with Gasteiger partial charge >= 0.3 is 5.97 Å². The molecule has 4 unspecified atom stereocenters. The summed E-state index contributed by atoms with van der Waals surface area (Å²) in [5.41, 5.74) is 3.18. The summed E-state index contributed by atoms with van der Waals surface area (Å²) in [7, 11) is 3.72. The van der Waals surface area contributed by atoms with Crippen LogP contribution in [0.1, 0.15) is 74.7 Å². The topological polar surface area (TPSA) is 175 Å². The molecule has 11 nitrogen and oxygen atoms in total. The summed E-state index contributed by atoms with van der Waals surface area (Å²) in [6.07, 6.45) is -6.18. The zero-order valence-corrected chi connectivity index (χ0v) is 26.0. The van der Waals surface area contributed by atoms with Gasteiger partial charge in [-0.25, -0.2) is 0 Å². The van der Waals surface area contributed by atoms with Crippen molar-refractivity contribution >= 4 is 5.97 Å². The maximum atomic E-state index is 13.2. The van der Waals surface area contributed by atoms with Crippen LogP contribution in [-0.2, 0) is 19.0 Å². The minimum absolute atomic E-state index is 0.112. The predicted octanol–water partition coefficient (Wildman–Crippen LogP) is 0.619. The molecule has 40 heavy (non-hydrogen) atoms. The maximum Gasteiger partial charge on any atom is 0.311 e. The molecule has 0 aromatic carbocycles. The van der Waals surface area contributed by atoms with Crippen LogP contribution in [0.4, 0.5) is 0 Å². The van der Waals surface area contributed by atoms with E-state index in [1.807, 2.05) is 32.8 Å². The molecule has 2 aliphatic rings. The Bertz CT molecular complexity index is 825. The van der Waals surface area contributed by atoms with E-state index in [0.717, 1.165) is 0 Å². The van der Waals surface area contributed by atoms with Crippen LogP contribution in [0.15, 0.2) is 0 Å². The molecule has 2 saturated heterocycles. The Kier molecular flexibility index (Phi) is 12.0. The molecule has 0 radical (unpaired) electrons. The van der Waals surface area contributed by atoms with E-state index in [1.165, 1.54) is 13.8 Å². The molecule has 2 rings (SSSR count). The molecule has 0 amide bonds. The second-order valence-corrected chi connectivity index (χ2v) is 13.2. The lowest BCUT2D eigenvalue weighted by Gasteiger charge is -2.47. The summed E-state index contributed by atoms with van der Waals surface area (Å²) >= 11 is 0. The van der Waals surface area contributed by atoms with Gasteiger partial charge in [-0.05, 0) is 67.0 Å². The van der Waals surface area contributed by atoms with Crippen molar-refractivity contribution in [2.75, 3.05) is 14.1 Å². The Hall–Kier alpha value is -0.890. The second kappa shape index (κ2) is 13.6. The third-order valence-electron chi connectivity index (χ3n) is 9.45. The average molecular weight is 577 g/mol. The van der Waals surface area contributed by atoms with E-state index in [9.17, 15) is 30.3 Å². The van der Waals surface area contributed by atoms with E-state index in [0.29, 0.717) is 6.42 Å². The monoisotopic (exact) mass is 576 g/mol. The molecular weight excluding hydrogens is 520 g/mol. The summed E-state index contributed by atoms with van der Waals surface area (Å²) in [5.74, 6) is -3.60. The van der Waals surface area contributed by atoms with Gasteiger partial charge in [-0.1, -0.05) is 27.7 Å². The molecule has 0 aliphatic carbocycles. The zero-order chi connectivity index (χ0) is 30.9. The van der Waals surface area contributed by atoms with Gasteiger partial charge in [0.05, 0.1) is 35.9 Å². The third kappa shape index (κ3) is 7.54. The number of likely N-dealkylation sites (N-methyl/N-ethyl adjacent to an activating group) is 1. The number of carbonyl (C=O) groups is 1. The number of carbonyl (C=O) groups excluding carboxylic acids is 1. The van der Waals surface area contributed by atoms with Crippen molar-refractivity contribution < 1.29 is 44.5 Å². The van der Waals surface area contributed by atoms with Gasteiger partial charge in [0.25, 0.3) is 0 Å². The van der Waals surface area contributed by atoms with Crippen LogP contribution < -0.4 is 5.73 Å². The average Bonchev–Trinajstić information content (AvgIpc) is 2.87. The van der Waals surface area contributed by atoms with E-state index in [-0.39, 0.29) is 30.9 Å². The van der Waals surface area contributed by atoms with Crippen LogP contribution in [0.25, 0.3) is 0 Å². The Balaban J connectivity index is 2.54. The lowest BCUT2D eigenvalue weighted by atomic mass is 9.72. The fourth-order valence-corrected chi connectivity index (χ4v) is 6.63. The highest BCUT2D eigenvalue weighted by atomic mass is 16.7. The second-order valence-electron chi connectivity index (χ2n) is 13.2. The van der Waals surface area contributed by atoms with Gasteiger partial charge in [0.1, 0.15) is 17.8 Å². The summed E-state index contributed by atoms with van der Waals surface area (Å²) in [6.45, 7) is 13.4. The van der Waals surface area contributed by atoms with Gasteiger partial charge < -0.3 is 50.4 Å². The first kappa shape index (κ1) is 35.3. The molecule has 0 aromatic heterocycles. The summed E-state index contributed by atoms with van der Waals surface area (Å²) < 4.78 is 18.0. The van der Waals surface area contributed by atoms with Crippen molar-refractivity contribution in [2.24, 2.45) is 29.4 Å². The quantitative estimate of drug-likeness (QED) is 0.259. The molecule has 0 aromatic rings. The van der Waals surface area contributed by atoms with Gasteiger partial charge in [0.15, 0.2) is 6.29 Å². The Morgan fingerprint density at radius 2 is 1.60 bits per heavy atom. The van der Waals surface area contributed by atoms with E-state index in [4.69, 9.17) is 19.9 Å². The van der Waals surface area contributed by atoms with Gasteiger partial charge in [-0.3, -0.25) is 4.79 Å². The largest absolute Gasteiger partial charge is 0.459 e. The molecule has 15 atom stereocenters. The molecule has 0 saturated carbocycles. The minimum Gasteiger partial charge on any atom is -0.459 e. The molecule has 7 N–H and O–H groups in total. The molecule has 0 bridgehead atoms. The lowest BCUT2D eigenvalue weighted by Crippen LogP contribution is -2.61. The third-order valence-corrected chi connectivity index (χ3v) is 9.45. The van der Waals surface area contributed by atoms with E-state index in [1.54, 1.807) is 27.7 Å². The summed E-state index contributed by atoms with van der Waals surface area (Å²) in [4.78, 5) is 15.1. The molecule has 236 valence electrons. The van der Waals surface area contributed by atoms with Crippen molar-refractivity contribution in [3.05, 3.63) is 0 Å². The van der Waals surface area contributed by atoms with Crippen LogP contribution in [-0.4, -0.2) is 117 Å². The van der Waals surface area contributed by atoms with Gasteiger partial charge in [-0.2, -0.15) is 0 Å². The van der Waals surface area contributed by atoms with Crippen LogP contribution in [0.3, 0.4) is 0 Å². The lowest BCUT2D eigenvalue weighted by molar-refractivity contribution is -0.299. The summed E-state index contributed by atoms with van der Waals surface area (Å²) in [6, 6.07) is -0.904. The minimum atomic E-state index is -1.80. The maximum absolute atomic E-state index is 13.2. The first-order valence-electron chi connectivity index (χ1n) is 14.7. The number of rotatable bonds is 4. The Morgan fingerprint density at radius 3 is 2.12 bits per heavy atom. The van der Waals surface area contributed by atoms with Crippen LogP contribution in [0, 0.1) is 23.7 Å². The highest BCUT2D eigenvalue weighted by Gasteiger charge is 2.50. The van der Waals surface area contributed by atoms with Crippen LogP contribution in [0.2, 0.25) is 0 Å². The smallest absolute Gasteiger partial charge is 0.311 e. The number of ether oxygens (including phenoxy) is 3. The normalized spacial score (nSPS) is 50.3. The first-order valence-corrected chi connectivity index (χ1v) is 14.7. The molecule has 2 aliphatic heterocycles. The number of aliphatic hydroxyl groups excluding tert-OH is 3. The highest BCUT2D eigenvalue weighted by Crippen LogP contribution is 2.38. The van der Waals surface area contributed by atoms with Gasteiger partial charge in [-0.15, -0.1) is 0 Å². The van der Waals surface area contributed by atoms with Gasteiger partial charge in [0, 0.05) is 23.9 Å². The number of esters is 1. The zero-order valence-electron chi connectivity index (χ0n) is 26.0. The fourth-order valence-electron chi connectivity index (χ4n) is 6.63. The van der Waals surface area contributed by atoms with Gasteiger partial charge in [0.2, 0.25) is 0 Å². The molecular formula is C29H56N2O9. The van der Waals surface area contributed by atoms with Crippen molar-refractivity contribution in [2.45, 2.75) is 141 Å². The van der Waals surface area contributed by atoms with Crippen molar-refractivity contribution in [3.63, 3.8) is 0 Å². The van der Waals surface area contributed by atoms with Crippen LogP contribution >= 0.6 is 0 Å². The van der Waals surface area contributed by atoms with E-state index in [2.05, 4.69) is 0 Å². The number of hydrogen-bond donors (Lipinski definition) is 6. The standard InChI is InChI=1S/C29H56N2O9/c1-11-20-29(8,37)24(34)16(4)21(30)14(2)13-28(7,36)25(17(5)22(32)18(6)26(35)39-20)40-27-23(33)19(31(9)10)12-15(3)38-27/h14-25,27,32-34,36-37H,11-13,30H2,1-10H3/t14-,15?,16+,17+,18-,19?,20-,21-,22+,23?,24-,25-,27?,28-,29-/m1/s1. The fraction of sp³-hybridized carbons (Fsp3) is 0.966. The van der Waals surface area contributed by atoms with Crippen molar-refractivity contribution in [1.82, 2.24) is 4.90 Å². The highest BCUT2D eigenvalue weighted by molar-refractivity contribution is 5.73. The number of aliphatic hydroxyl groups is 5. The Morgan fingerprint density at radius 1 is 1.02 bits per heavy atom. The predicted molar refractivity (Wildman–Crippen MR) is 150 cm³/mol. The SMILES string of the molecule is CC[C@H]1OC(=O)[C@H](C)[C@@H](O)[C@H](C)[C@@H](OC2OC(C)CC(N(C)C)C2O)[C@](C)(O)C[C@@H](C)[C@@H](N)[C@H](C)[C@@H](O)[C@]1(C)O. The Labute approximate surface area is 240 Å². The molecule has 2 fully saturated rings. The van der Waals surface area contributed by atoms with Crippen LogP contribution in [0.5, 0.6) is 0 Å². The molecule has 2 heterocycles. The van der Waals surface area contributed by atoms with Crippen molar-refractivity contribution in [1.29, 1.82) is 0 Å². The number of nitrogens with two attached hydrogens (primary N) is 1. The molecule has 11 heteroatoms. The number of nitrogens with zero attached hydrogens (tertiary/aromatic N) is 1. The summed E-state index contributed by atoms with van der Waals surface area (Å²) in [5, 5.41) is 56.9.